The van der Waals surface area contributed by atoms with Gasteiger partial charge in [-0.2, -0.15) is 0 Å². The summed E-state index contributed by atoms with van der Waals surface area (Å²) in [6.45, 7) is 3.20. The van der Waals surface area contributed by atoms with Gasteiger partial charge in [0.2, 0.25) is 5.91 Å². The highest BCUT2D eigenvalue weighted by Gasteiger charge is 2.41. The molecule has 6 nitrogen and oxygen atoms in total. The number of amides is 1. The van der Waals surface area contributed by atoms with Crippen LogP contribution in [0.1, 0.15) is 32.1 Å². The molecule has 8 heteroatoms. The van der Waals surface area contributed by atoms with E-state index in [1.165, 1.54) is 19.3 Å². The Morgan fingerprint density at radius 1 is 1.14 bits per heavy atom. The second-order valence-electron chi connectivity index (χ2n) is 8.06. The molecule has 1 aromatic rings. The van der Waals surface area contributed by atoms with Crippen molar-refractivity contribution in [2.45, 2.75) is 38.1 Å². The van der Waals surface area contributed by atoms with Gasteiger partial charge in [0.1, 0.15) is 11.6 Å². The van der Waals surface area contributed by atoms with E-state index in [2.05, 4.69) is 14.8 Å². The fourth-order valence-electron chi connectivity index (χ4n) is 5.10. The zero-order chi connectivity index (χ0) is 18.1. The Balaban J connectivity index is 0.00000140. The number of piperazine rings is 1. The summed E-state index contributed by atoms with van der Waals surface area (Å²) in [4.78, 5) is 21.8. The molecule has 2 heterocycles. The first kappa shape index (κ1) is 23.0. The number of ether oxygens (including phenoxy) is 1. The lowest BCUT2D eigenvalue weighted by atomic mass is 9.65. The Morgan fingerprint density at radius 2 is 1.79 bits per heavy atom. The third kappa shape index (κ3) is 4.66. The van der Waals surface area contributed by atoms with Crippen LogP contribution in [0.15, 0.2) is 18.3 Å². The van der Waals surface area contributed by atoms with Gasteiger partial charge in [-0.05, 0) is 43.6 Å². The monoisotopic (exact) mass is 430 g/mol. The number of pyridine rings is 1. The zero-order valence-corrected chi connectivity index (χ0v) is 18.1. The molecule has 1 saturated heterocycles. The highest BCUT2D eigenvalue weighted by molar-refractivity contribution is 5.85. The van der Waals surface area contributed by atoms with Crippen LogP contribution in [0.4, 0.5) is 5.82 Å². The Hall–Kier alpha value is -1.24. The molecule has 1 aromatic heterocycles. The summed E-state index contributed by atoms with van der Waals surface area (Å²) in [5, 5.41) is 0. The summed E-state index contributed by atoms with van der Waals surface area (Å²) < 4.78 is 5.29. The average molecular weight is 431 g/mol. The number of rotatable bonds is 3. The molecule has 3 aliphatic rings. The minimum atomic E-state index is 0. The van der Waals surface area contributed by atoms with Gasteiger partial charge in [-0.3, -0.25) is 4.79 Å². The van der Waals surface area contributed by atoms with Crippen LogP contribution in [-0.4, -0.2) is 55.1 Å². The number of hydrogen-bond donors (Lipinski definition) is 1. The molecule has 3 fully saturated rings. The first-order valence-corrected chi connectivity index (χ1v) is 9.95. The minimum Gasteiger partial charge on any atom is -0.497 e. The number of fused-ring (bicyclic) bond motifs is 2. The Morgan fingerprint density at radius 3 is 2.39 bits per heavy atom. The van der Waals surface area contributed by atoms with Gasteiger partial charge < -0.3 is 20.3 Å². The highest BCUT2D eigenvalue weighted by atomic mass is 35.5. The first-order chi connectivity index (χ1) is 12.7. The molecule has 2 atom stereocenters. The van der Waals surface area contributed by atoms with Crippen molar-refractivity contribution in [1.29, 1.82) is 0 Å². The van der Waals surface area contributed by atoms with Gasteiger partial charge >= 0.3 is 0 Å². The van der Waals surface area contributed by atoms with E-state index in [0.29, 0.717) is 23.8 Å². The Bertz CT molecular complexity index is 641. The van der Waals surface area contributed by atoms with Crippen LogP contribution in [0.3, 0.4) is 0 Å². The molecule has 2 bridgehead atoms. The maximum absolute atomic E-state index is 13.1. The van der Waals surface area contributed by atoms with Gasteiger partial charge in [0.15, 0.2) is 0 Å². The Kier molecular flexibility index (Phi) is 8.22. The van der Waals surface area contributed by atoms with Crippen LogP contribution in [0.5, 0.6) is 5.75 Å². The van der Waals surface area contributed by atoms with Crippen molar-refractivity contribution in [3.8, 4) is 5.75 Å². The average Bonchev–Trinajstić information content (AvgIpc) is 2.67. The maximum atomic E-state index is 13.1. The standard InChI is InChI=1S/C20H30N4O2.2ClH/c1-26-17-5-6-22-18(13-17)23-7-9-24(10-8-23)20(25)16-11-14-3-2-4-15(12-16)19(14)21;;/h5-6,13-16,19H,2-4,7-12,21H2,1H3;2*1H. The molecule has 0 spiro atoms. The summed E-state index contributed by atoms with van der Waals surface area (Å²) in [5.74, 6) is 3.39. The van der Waals surface area contributed by atoms with Gasteiger partial charge in [0.05, 0.1) is 7.11 Å². The SMILES string of the molecule is COc1ccnc(N2CCN(C(=O)C3CC4CCCC(C3)C4N)CC2)c1.Cl.Cl. The third-order valence-electron chi connectivity index (χ3n) is 6.63. The van der Waals surface area contributed by atoms with Crippen molar-refractivity contribution < 1.29 is 9.53 Å². The molecular formula is C20H32Cl2N4O2. The number of hydrogen-bond acceptors (Lipinski definition) is 5. The van der Waals surface area contributed by atoms with Crippen LogP contribution < -0.4 is 15.4 Å². The molecule has 4 rings (SSSR count). The summed E-state index contributed by atoms with van der Waals surface area (Å²) in [6, 6.07) is 4.14. The summed E-state index contributed by atoms with van der Waals surface area (Å²) in [5.41, 5.74) is 6.38. The molecule has 1 aliphatic heterocycles. The predicted molar refractivity (Wildman–Crippen MR) is 116 cm³/mol. The molecule has 0 aromatic carbocycles. The van der Waals surface area contributed by atoms with Crippen LogP contribution in [0.25, 0.3) is 0 Å². The lowest BCUT2D eigenvalue weighted by Crippen LogP contribution is -2.53. The summed E-state index contributed by atoms with van der Waals surface area (Å²) in [6.07, 6.45) is 7.46. The van der Waals surface area contributed by atoms with Crippen molar-refractivity contribution in [2.75, 3.05) is 38.2 Å². The molecule has 2 N–H and O–H groups in total. The highest BCUT2D eigenvalue weighted by Crippen LogP contribution is 2.42. The van der Waals surface area contributed by atoms with E-state index >= 15 is 0 Å². The third-order valence-corrected chi connectivity index (χ3v) is 6.63. The topological polar surface area (TPSA) is 71.7 Å². The first-order valence-electron chi connectivity index (χ1n) is 9.95. The lowest BCUT2D eigenvalue weighted by molar-refractivity contribution is -0.138. The molecule has 28 heavy (non-hydrogen) atoms. The zero-order valence-electron chi connectivity index (χ0n) is 16.5. The fraction of sp³-hybridized carbons (Fsp3) is 0.700. The van der Waals surface area contributed by atoms with Crippen molar-refractivity contribution >= 4 is 36.5 Å². The second-order valence-corrected chi connectivity index (χ2v) is 8.06. The number of halogens is 2. The van der Waals surface area contributed by atoms with E-state index in [1.807, 2.05) is 12.1 Å². The normalized spacial score (nSPS) is 29.4. The summed E-state index contributed by atoms with van der Waals surface area (Å²) in [7, 11) is 1.67. The van der Waals surface area contributed by atoms with E-state index in [0.717, 1.165) is 50.6 Å². The van der Waals surface area contributed by atoms with E-state index in [1.54, 1.807) is 13.3 Å². The Labute approximate surface area is 180 Å². The molecule has 2 saturated carbocycles. The lowest BCUT2D eigenvalue weighted by Gasteiger charge is -2.45. The van der Waals surface area contributed by atoms with Crippen molar-refractivity contribution in [2.24, 2.45) is 23.5 Å². The number of aromatic nitrogens is 1. The van der Waals surface area contributed by atoms with E-state index in [-0.39, 0.29) is 30.7 Å². The summed E-state index contributed by atoms with van der Waals surface area (Å²) >= 11 is 0. The molecule has 0 radical (unpaired) electrons. The number of nitrogens with two attached hydrogens (primary N) is 1. The maximum Gasteiger partial charge on any atom is 0.225 e. The van der Waals surface area contributed by atoms with E-state index in [9.17, 15) is 4.79 Å². The van der Waals surface area contributed by atoms with Crippen molar-refractivity contribution in [3.63, 3.8) is 0 Å². The predicted octanol–water partition coefficient (Wildman–Crippen LogP) is 2.74. The van der Waals surface area contributed by atoms with Crippen LogP contribution >= 0.6 is 24.8 Å². The van der Waals surface area contributed by atoms with Gasteiger partial charge in [0, 0.05) is 50.4 Å². The van der Waals surface area contributed by atoms with Gasteiger partial charge in [0.25, 0.3) is 0 Å². The number of nitrogens with zero attached hydrogens (tertiary/aromatic N) is 3. The minimum absolute atomic E-state index is 0. The largest absolute Gasteiger partial charge is 0.497 e. The number of carbonyl (C=O) groups excluding carboxylic acids is 1. The molecule has 1 amide bonds. The smallest absolute Gasteiger partial charge is 0.225 e. The molecular weight excluding hydrogens is 399 g/mol. The second kappa shape index (κ2) is 9.99. The van der Waals surface area contributed by atoms with Crippen LogP contribution in [0.2, 0.25) is 0 Å². The van der Waals surface area contributed by atoms with Gasteiger partial charge in [-0.25, -0.2) is 4.98 Å². The van der Waals surface area contributed by atoms with Crippen LogP contribution in [0, 0.1) is 17.8 Å². The van der Waals surface area contributed by atoms with E-state index < -0.39 is 0 Å². The van der Waals surface area contributed by atoms with E-state index in [4.69, 9.17) is 10.5 Å². The molecule has 158 valence electrons. The number of anilines is 1. The van der Waals surface area contributed by atoms with Crippen LogP contribution in [-0.2, 0) is 4.79 Å². The fourth-order valence-corrected chi connectivity index (χ4v) is 5.10. The quantitative estimate of drug-likeness (QED) is 0.797. The number of carbonyl (C=O) groups is 1. The van der Waals surface area contributed by atoms with Gasteiger partial charge in [-0.15, -0.1) is 24.8 Å². The van der Waals surface area contributed by atoms with Crippen molar-refractivity contribution in [1.82, 2.24) is 9.88 Å². The van der Waals surface area contributed by atoms with Gasteiger partial charge in [-0.1, -0.05) is 6.42 Å². The molecule has 2 aliphatic carbocycles. The molecule has 2 unspecified atom stereocenters. The van der Waals surface area contributed by atoms with Crippen molar-refractivity contribution in [3.05, 3.63) is 18.3 Å². The number of methoxy groups -OCH3 is 1.